The molecule has 0 saturated carbocycles. The fourth-order valence-corrected chi connectivity index (χ4v) is 1.58. The molecule has 0 saturated heterocycles. The van der Waals surface area contributed by atoms with E-state index in [1.807, 2.05) is 26.2 Å². The molecule has 2 rings (SSSR count). The van der Waals surface area contributed by atoms with Gasteiger partial charge in [-0.1, -0.05) is 23.7 Å². The van der Waals surface area contributed by atoms with Gasteiger partial charge in [0.2, 0.25) is 11.9 Å². The van der Waals surface area contributed by atoms with Crippen molar-refractivity contribution < 1.29 is 4.74 Å². The summed E-state index contributed by atoms with van der Waals surface area (Å²) in [5, 5.41) is 0.539. The van der Waals surface area contributed by atoms with Gasteiger partial charge in [0, 0.05) is 14.1 Å². The van der Waals surface area contributed by atoms with Gasteiger partial charge in [-0.3, -0.25) is 0 Å². The number of anilines is 2. The zero-order valence-corrected chi connectivity index (χ0v) is 11.4. The van der Waals surface area contributed by atoms with Gasteiger partial charge in [-0.2, -0.15) is 15.0 Å². The van der Waals surface area contributed by atoms with Gasteiger partial charge in [0.05, 0.1) is 5.02 Å². The molecule has 0 radical (unpaired) electrons. The molecule has 19 heavy (non-hydrogen) atoms. The zero-order valence-electron chi connectivity index (χ0n) is 10.7. The number of hydrogen-bond acceptors (Lipinski definition) is 6. The molecule has 0 atom stereocenters. The first kappa shape index (κ1) is 13.4. The number of para-hydroxylation sites is 1. The van der Waals surface area contributed by atoms with Crippen molar-refractivity contribution in [2.45, 2.75) is 6.61 Å². The summed E-state index contributed by atoms with van der Waals surface area (Å²) in [5.74, 6) is 1.69. The lowest BCUT2D eigenvalue weighted by Gasteiger charge is -2.12. The van der Waals surface area contributed by atoms with Crippen LogP contribution in [0.1, 0.15) is 5.82 Å². The Kier molecular flexibility index (Phi) is 4.01. The fraction of sp³-hybridized carbons (Fsp3) is 0.250. The van der Waals surface area contributed by atoms with Crippen LogP contribution in [0, 0.1) is 0 Å². The van der Waals surface area contributed by atoms with Gasteiger partial charge in [-0.05, 0) is 12.1 Å². The Balaban J connectivity index is 2.14. The Hall–Kier alpha value is -2.08. The van der Waals surface area contributed by atoms with Crippen LogP contribution < -0.4 is 15.4 Å². The monoisotopic (exact) mass is 279 g/mol. The largest absolute Gasteiger partial charge is 0.484 e. The first-order valence-electron chi connectivity index (χ1n) is 5.61. The SMILES string of the molecule is CN(C)c1nc(N)nc(COc2ccccc2Cl)n1. The molecule has 1 heterocycles. The Morgan fingerprint density at radius 3 is 2.63 bits per heavy atom. The highest BCUT2D eigenvalue weighted by atomic mass is 35.5. The van der Waals surface area contributed by atoms with E-state index < -0.39 is 0 Å². The molecule has 2 aromatic rings. The van der Waals surface area contributed by atoms with Crippen molar-refractivity contribution in [3.05, 3.63) is 35.1 Å². The summed E-state index contributed by atoms with van der Waals surface area (Å²) in [6.45, 7) is 0.178. The minimum absolute atomic E-state index is 0.163. The van der Waals surface area contributed by atoms with Crippen molar-refractivity contribution in [3.8, 4) is 5.75 Å². The van der Waals surface area contributed by atoms with Crippen molar-refractivity contribution in [2.75, 3.05) is 24.7 Å². The molecule has 0 amide bonds. The van der Waals surface area contributed by atoms with E-state index in [4.69, 9.17) is 22.1 Å². The van der Waals surface area contributed by atoms with Crippen LogP contribution in [0.2, 0.25) is 5.02 Å². The van der Waals surface area contributed by atoms with E-state index in [-0.39, 0.29) is 12.6 Å². The zero-order chi connectivity index (χ0) is 13.8. The predicted molar refractivity (Wildman–Crippen MR) is 74.4 cm³/mol. The van der Waals surface area contributed by atoms with E-state index in [0.717, 1.165) is 0 Å². The minimum atomic E-state index is 0.163. The van der Waals surface area contributed by atoms with Gasteiger partial charge in [0.1, 0.15) is 12.4 Å². The second kappa shape index (κ2) is 5.71. The first-order valence-corrected chi connectivity index (χ1v) is 5.99. The van der Waals surface area contributed by atoms with Crippen LogP contribution in [0.3, 0.4) is 0 Å². The number of rotatable bonds is 4. The lowest BCUT2D eigenvalue weighted by atomic mass is 10.3. The Labute approximate surface area is 116 Å². The highest BCUT2D eigenvalue weighted by Crippen LogP contribution is 2.23. The van der Waals surface area contributed by atoms with Crippen LogP contribution in [0.25, 0.3) is 0 Å². The van der Waals surface area contributed by atoms with Crippen molar-refractivity contribution >= 4 is 23.5 Å². The van der Waals surface area contributed by atoms with Gasteiger partial charge < -0.3 is 15.4 Å². The number of hydrogen-bond donors (Lipinski definition) is 1. The molecule has 1 aromatic carbocycles. The molecule has 6 nitrogen and oxygen atoms in total. The third-order valence-electron chi connectivity index (χ3n) is 2.28. The molecule has 1 aromatic heterocycles. The lowest BCUT2D eigenvalue weighted by Crippen LogP contribution is -2.16. The van der Waals surface area contributed by atoms with E-state index >= 15 is 0 Å². The third-order valence-corrected chi connectivity index (χ3v) is 2.59. The Morgan fingerprint density at radius 1 is 1.21 bits per heavy atom. The number of ether oxygens (including phenoxy) is 1. The quantitative estimate of drug-likeness (QED) is 0.919. The molecule has 0 fully saturated rings. The summed E-state index contributed by atoms with van der Waals surface area (Å²) in [5.41, 5.74) is 5.63. The number of benzene rings is 1. The van der Waals surface area contributed by atoms with E-state index in [2.05, 4.69) is 15.0 Å². The summed E-state index contributed by atoms with van der Waals surface area (Å²) >= 11 is 5.99. The second-order valence-electron chi connectivity index (χ2n) is 4.02. The maximum atomic E-state index is 5.99. The predicted octanol–water partition coefficient (Wildman–Crippen LogP) is 1.75. The summed E-state index contributed by atoms with van der Waals surface area (Å²) in [7, 11) is 3.65. The Morgan fingerprint density at radius 2 is 1.95 bits per heavy atom. The van der Waals surface area contributed by atoms with Crippen molar-refractivity contribution in [2.24, 2.45) is 0 Å². The van der Waals surface area contributed by atoms with Crippen molar-refractivity contribution in [1.29, 1.82) is 0 Å². The van der Waals surface area contributed by atoms with Crippen LogP contribution in [-0.4, -0.2) is 29.0 Å². The topological polar surface area (TPSA) is 77.2 Å². The molecular weight excluding hydrogens is 266 g/mol. The van der Waals surface area contributed by atoms with Gasteiger partial charge in [0.25, 0.3) is 0 Å². The molecule has 7 heteroatoms. The van der Waals surface area contributed by atoms with Gasteiger partial charge in [-0.15, -0.1) is 0 Å². The van der Waals surface area contributed by atoms with E-state index in [1.54, 1.807) is 17.0 Å². The molecule has 0 unspecified atom stereocenters. The standard InChI is InChI=1S/C12H14ClN5O/c1-18(2)12-16-10(15-11(14)17-12)7-19-9-6-4-3-5-8(9)13/h3-6H,7H2,1-2H3,(H2,14,15,16,17). The fourth-order valence-electron chi connectivity index (χ4n) is 1.39. The van der Waals surface area contributed by atoms with Crippen LogP contribution in [0.15, 0.2) is 24.3 Å². The normalized spacial score (nSPS) is 10.3. The maximum Gasteiger partial charge on any atom is 0.230 e. The average molecular weight is 280 g/mol. The summed E-state index contributed by atoms with van der Waals surface area (Å²) < 4.78 is 5.55. The van der Waals surface area contributed by atoms with Crippen molar-refractivity contribution in [1.82, 2.24) is 15.0 Å². The summed E-state index contributed by atoms with van der Waals surface area (Å²) in [4.78, 5) is 14.0. The van der Waals surface area contributed by atoms with E-state index in [1.165, 1.54) is 0 Å². The van der Waals surface area contributed by atoms with Crippen LogP contribution >= 0.6 is 11.6 Å². The summed E-state index contributed by atoms with van der Waals surface area (Å²) in [6, 6.07) is 7.21. The number of halogens is 1. The van der Waals surface area contributed by atoms with Crippen molar-refractivity contribution in [3.63, 3.8) is 0 Å². The third kappa shape index (κ3) is 3.45. The van der Waals surface area contributed by atoms with Gasteiger partial charge in [0.15, 0.2) is 5.82 Å². The molecule has 0 aliphatic carbocycles. The molecule has 100 valence electrons. The van der Waals surface area contributed by atoms with Crippen LogP contribution in [0.4, 0.5) is 11.9 Å². The molecule has 0 aliphatic rings. The lowest BCUT2D eigenvalue weighted by molar-refractivity contribution is 0.296. The second-order valence-corrected chi connectivity index (χ2v) is 4.43. The van der Waals surface area contributed by atoms with Gasteiger partial charge in [-0.25, -0.2) is 0 Å². The highest BCUT2D eigenvalue weighted by Gasteiger charge is 2.07. The number of nitrogen functional groups attached to an aromatic ring is 1. The number of aromatic nitrogens is 3. The molecule has 0 bridgehead atoms. The highest BCUT2D eigenvalue weighted by molar-refractivity contribution is 6.32. The van der Waals surface area contributed by atoms with Gasteiger partial charge >= 0.3 is 0 Å². The van der Waals surface area contributed by atoms with E-state index in [0.29, 0.717) is 22.5 Å². The molecule has 2 N–H and O–H groups in total. The summed E-state index contributed by atoms with van der Waals surface area (Å²) in [6.07, 6.45) is 0. The smallest absolute Gasteiger partial charge is 0.230 e. The minimum Gasteiger partial charge on any atom is -0.484 e. The van der Waals surface area contributed by atoms with Crippen LogP contribution in [0.5, 0.6) is 5.75 Å². The Bertz CT molecular complexity index is 576. The first-order chi connectivity index (χ1) is 9.06. The number of nitrogens with two attached hydrogens (primary N) is 1. The molecule has 0 spiro atoms. The number of nitrogens with zero attached hydrogens (tertiary/aromatic N) is 4. The van der Waals surface area contributed by atoms with Crippen LogP contribution in [-0.2, 0) is 6.61 Å². The molecule has 0 aliphatic heterocycles. The maximum absolute atomic E-state index is 5.99. The molecular formula is C12H14ClN5O. The van der Waals surface area contributed by atoms with E-state index in [9.17, 15) is 0 Å². The average Bonchev–Trinajstić information content (AvgIpc) is 2.37.